The molecule has 8 unspecified atom stereocenters. The fourth-order valence-electron chi connectivity index (χ4n) is 12.3. The number of benzene rings is 3. The summed E-state index contributed by atoms with van der Waals surface area (Å²) < 4.78 is 0. The van der Waals surface area contributed by atoms with Gasteiger partial charge in [0.25, 0.3) is 0 Å². The Labute approximate surface area is 339 Å². The summed E-state index contributed by atoms with van der Waals surface area (Å²) in [5.41, 5.74) is 12.6. The second-order valence-electron chi connectivity index (χ2n) is 20.7. The predicted octanol–water partition coefficient (Wildman–Crippen LogP) is 12.0. The summed E-state index contributed by atoms with van der Waals surface area (Å²) in [6.45, 7) is 23.8. The van der Waals surface area contributed by atoms with Crippen molar-refractivity contribution < 1.29 is 9.63 Å². The molecule has 0 aromatic heterocycles. The van der Waals surface area contributed by atoms with Crippen LogP contribution in [-0.2, 0) is 29.3 Å². The number of aliphatic imine (C=N–C) groups is 1. The highest BCUT2D eigenvalue weighted by Gasteiger charge is 2.79. The Hall–Kier alpha value is -3.12. The predicted molar refractivity (Wildman–Crippen MR) is 230 cm³/mol. The molecule has 7 aliphatic rings. The molecule has 6 saturated carbocycles. The number of ketones is 1. The standard InChI is InChI=1S/C17H23NO.C17H23N.C10H16O.C7H9N/c1-15(2)14-9-10-16(15,3)17(11-14)18(19-17)12-13-7-5-4-6-8-13;1-16(2)14-9-10-17(16,3)15(11-14)18-12-13-7-5-4-6-8-13;1-9(2)7-4-5-10(9,3)8(11)6-7;8-6-7-4-2-1-3-5-7/h4-8,14H,9-12H2,1-3H3;4-8,14H,9-12H2,1-3H3;7H,4-6H2,1-3H3;1-5H,6,8H2. The molecule has 3 aromatic carbocycles. The minimum atomic E-state index is 0.0255. The molecule has 302 valence electrons. The van der Waals surface area contributed by atoms with Crippen LogP contribution in [-0.4, -0.2) is 22.3 Å². The number of hydrogen-bond acceptors (Lipinski definition) is 5. The Morgan fingerprint density at radius 2 is 1.12 bits per heavy atom. The molecule has 56 heavy (non-hydrogen) atoms. The van der Waals surface area contributed by atoms with Crippen LogP contribution in [0.3, 0.4) is 0 Å². The third-order valence-corrected chi connectivity index (χ3v) is 18.0. The first-order chi connectivity index (χ1) is 26.4. The zero-order valence-electron chi connectivity index (χ0n) is 36.2. The summed E-state index contributed by atoms with van der Waals surface area (Å²) in [6.07, 6.45) is 11.1. The number of hydrogen-bond donors (Lipinski definition) is 1. The van der Waals surface area contributed by atoms with E-state index in [1.54, 1.807) is 0 Å². The van der Waals surface area contributed by atoms with E-state index in [0.717, 1.165) is 37.8 Å². The lowest BCUT2D eigenvalue weighted by molar-refractivity contribution is -0.128. The Morgan fingerprint density at radius 1 is 0.625 bits per heavy atom. The third kappa shape index (κ3) is 6.66. The van der Waals surface area contributed by atoms with Crippen LogP contribution in [0.5, 0.6) is 0 Å². The van der Waals surface area contributed by atoms with Crippen molar-refractivity contribution in [3.05, 3.63) is 108 Å². The monoisotopic (exact) mass is 758 g/mol. The molecule has 8 atom stereocenters. The Kier molecular flexibility index (Phi) is 10.9. The molecular weight excluding hydrogens is 687 g/mol. The number of hydroxylamine groups is 2. The number of carbonyl (C=O) groups excluding carboxylic acids is 1. The lowest BCUT2D eigenvalue weighted by Crippen LogP contribution is -2.40. The number of nitrogens with two attached hydrogens (primary N) is 1. The fourth-order valence-corrected chi connectivity index (χ4v) is 12.3. The van der Waals surface area contributed by atoms with Gasteiger partial charge in [-0.15, -0.1) is 5.06 Å². The van der Waals surface area contributed by atoms with E-state index in [1.165, 1.54) is 67.3 Å². The van der Waals surface area contributed by atoms with Crippen molar-refractivity contribution in [1.82, 2.24) is 5.06 Å². The average molecular weight is 758 g/mol. The van der Waals surface area contributed by atoms with Crippen LogP contribution in [0.15, 0.2) is 96.0 Å². The molecule has 2 N–H and O–H groups in total. The summed E-state index contributed by atoms with van der Waals surface area (Å²) in [4.78, 5) is 22.7. The molecule has 10 rings (SSSR count). The third-order valence-electron chi connectivity index (χ3n) is 18.0. The van der Waals surface area contributed by atoms with E-state index >= 15 is 0 Å². The number of rotatable bonds is 5. The van der Waals surface area contributed by atoms with Gasteiger partial charge in [0, 0.05) is 34.9 Å². The Balaban J connectivity index is 0.000000120. The van der Waals surface area contributed by atoms with Gasteiger partial charge in [-0.05, 0) is 102 Å². The van der Waals surface area contributed by atoms with Gasteiger partial charge in [-0.1, -0.05) is 153 Å². The molecule has 6 bridgehead atoms. The van der Waals surface area contributed by atoms with Crippen molar-refractivity contribution in [3.63, 3.8) is 0 Å². The molecule has 0 radical (unpaired) electrons. The topological polar surface area (TPSA) is 71.0 Å². The van der Waals surface area contributed by atoms with Crippen molar-refractivity contribution in [1.29, 1.82) is 0 Å². The smallest absolute Gasteiger partial charge is 0.171 e. The summed E-state index contributed by atoms with van der Waals surface area (Å²) in [5.74, 6) is 2.88. The highest BCUT2D eigenvalue weighted by molar-refractivity contribution is 5.94. The van der Waals surface area contributed by atoms with Crippen molar-refractivity contribution in [2.75, 3.05) is 0 Å². The SMILES string of the molecule is CC1(C)C2CCC1(C)C1(C2)ON1Cc1ccccc1.CC12CCC(CC1=NCc1ccccc1)C2(C)C.CC12CCC(CC1=O)C2(C)C.NCc1ccccc1. The van der Waals surface area contributed by atoms with Crippen LogP contribution in [0.25, 0.3) is 0 Å². The molecule has 7 fully saturated rings. The van der Waals surface area contributed by atoms with Gasteiger partial charge in [0.15, 0.2) is 5.72 Å². The minimum absolute atomic E-state index is 0.0255. The van der Waals surface area contributed by atoms with Gasteiger partial charge in [0.1, 0.15) is 5.78 Å². The summed E-state index contributed by atoms with van der Waals surface area (Å²) in [6, 6.07) is 31.3. The lowest BCUT2D eigenvalue weighted by Gasteiger charge is -2.37. The van der Waals surface area contributed by atoms with Crippen LogP contribution in [0.1, 0.15) is 137 Å². The van der Waals surface area contributed by atoms with E-state index in [0.29, 0.717) is 39.9 Å². The number of Topliss-reactive ketones (excluding diaryl/α,β-unsaturated/α-hetero) is 1. The van der Waals surface area contributed by atoms with Crippen LogP contribution in [0.2, 0.25) is 0 Å². The zero-order chi connectivity index (χ0) is 40.2. The molecule has 0 amide bonds. The summed E-state index contributed by atoms with van der Waals surface area (Å²) in [7, 11) is 0. The molecule has 3 aromatic rings. The van der Waals surface area contributed by atoms with Gasteiger partial charge >= 0.3 is 0 Å². The normalized spacial score (nSPS) is 37.4. The lowest BCUT2D eigenvalue weighted by atomic mass is 9.68. The molecule has 1 heterocycles. The maximum Gasteiger partial charge on any atom is 0.171 e. The van der Waals surface area contributed by atoms with Crippen LogP contribution >= 0.6 is 0 Å². The molecule has 1 spiro atoms. The van der Waals surface area contributed by atoms with E-state index in [-0.39, 0.29) is 16.6 Å². The maximum atomic E-state index is 11.6. The number of carbonyl (C=O) groups is 1. The first kappa shape index (κ1) is 41.1. The maximum absolute atomic E-state index is 11.6. The van der Waals surface area contributed by atoms with Gasteiger partial charge in [-0.3, -0.25) is 14.6 Å². The Bertz CT molecular complexity index is 1870. The second-order valence-corrected chi connectivity index (χ2v) is 20.7. The van der Waals surface area contributed by atoms with Crippen LogP contribution in [0.4, 0.5) is 0 Å². The first-order valence-electron chi connectivity index (χ1n) is 21.8. The van der Waals surface area contributed by atoms with E-state index in [2.05, 4.69) is 128 Å². The van der Waals surface area contributed by atoms with Gasteiger partial charge in [0.05, 0.1) is 13.1 Å². The van der Waals surface area contributed by atoms with E-state index in [4.69, 9.17) is 15.6 Å². The molecule has 5 heteroatoms. The average Bonchev–Trinajstić information content (AvgIpc) is 3.40. The number of fused-ring (bicyclic) bond motifs is 7. The highest BCUT2D eigenvalue weighted by atomic mass is 16.9. The minimum Gasteiger partial charge on any atom is -0.326 e. The van der Waals surface area contributed by atoms with E-state index in [9.17, 15) is 4.79 Å². The van der Waals surface area contributed by atoms with Gasteiger partial charge in [-0.2, -0.15) is 0 Å². The quantitative estimate of drug-likeness (QED) is 0.263. The van der Waals surface area contributed by atoms with Crippen LogP contribution < -0.4 is 5.73 Å². The molecular formula is C51H71N3O2. The summed E-state index contributed by atoms with van der Waals surface area (Å²) in [5, 5.41) is 2.25. The van der Waals surface area contributed by atoms with Crippen molar-refractivity contribution >= 4 is 11.5 Å². The largest absolute Gasteiger partial charge is 0.326 e. The number of nitrogens with zero attached hydrogens (tertiary/aromatic N) is 2. The Morgan fingerprint density at radius 3 is 1.50 bits per heavy atom. The second kappa shape index (κ2) is 14.9. The van der Waals surface area contributed by atoms with Gasteiger partial charge in [-0.25, -0.2) is 0 Å². The van der Waals surface area contributed by atoms with Crippen molar-refractivity contribution in [3.8, 4) is 0 Å². The van der Waals surface area contributed by atoms with E-state index < -0.39 is 0 Å². The molecule has 5 nitrogen and oxygen atoms in total. The highest BCUT2D eigenvalue weighted by Crippen LogP contribution is 2.76. The summed E-state index contributed by atoms with van der Waals surface area (Å²) >= 11 is 0. The van der Waals surface area contributed by atoms with Crippen LogP contribution in [0, 0.1) is 50.2 Å². The van der Waals surface area contributed by atoms with Crippen molar-refractivity contribution in [2.24, 2.45) is 61.0 Å². The van der Waals surface area contributed by atoms with Gasteiger partial charge in [0.2, 0.25) is 0 Å². The zero-order valence-corrected chi connectivity index (χ0v) is 36.2. The molecule has 6 aliphatic carbocycles. The van der Waals surface area contributed by atoms with Gasteiger partial charge < -0.3 is 5.73 Å². The fraction of sp³-hybridized carbons (Fsp3) is 0.608. The van der Waals surface area contributed by atoms with Crippen molar-refractivity contribution in [2.45, 2.75) is 145 Å². The molecule has 1 aliphatic heterocycles. The van der Waals surface area contributed by atoms with E-state index in [1.807, 2.05) is 30.3 Å². The molecule has 1 saturated heterocycles. The first-order valence-corrected chi connectivity index (χ1v) is 21.8.